The zero-order chi connectivity index (χ0) is 8.94. The number of hydrogen-bond donors (Lipinski definition) is 1. The van der Waals surface area contributed by atoms with Crippen molar-refractivity contribution in [3.63, 3.8) is 0 Å². The van der Waals surface area contributed by atoms with Gasteiger partial charge in [-0.2, -0.15) is 0 Å². The van der Waals surface area contributed by atoms with E-state index in [2.05, 4.69) is 0 Å². The van der Waals surface area contributed by atoms with Crippen molar-refractivity contribution in [2.24, 2.45) is 17.1 Å². The van der Waals surface area contributed by atoms with Gasteiger partial charge in [0.05, 0.1) is 13.2 Å². The van der Waals surface area contributed by atoms with Gasteiger partial charge in [0.2, 0.25) is 0 Å². The first-order valence-electron chi connectivity index (χ1n) is 5.27. The highest BCUT2D eigenvalue weighted by Gasteiger charge is 2.60. The first kappa shape index (κ1) is 8.21. The summed E-state index contributed by atoms with van der Waals surface area (Å²) >= 11 is 0. The summed E-state index contributed by atoms with van der Waals surface area (Å²) in [4.78, 5) is 0. The van der Waals surface area contributed by atoms with Gasteiger partial charge in [-0.15, -0.1) is 0 Å². The summed E-state index contributed by atoms with van der Waals surface area (Å²) in [6, 6.07) is 0. The Labute approximate surface area is 78.6 Å². The molecule has 1 heterocycles. The maximum absolute atomic E-state index is 5.78. The van der Waals surface area contributed by atoms with Crippen LogP contribution in [0.2, 0.25) is 0 Å². The summed E-state index contributed by atoms with van der Waals surface area (Å²) < 4.78 is 11.4. The minimum atomic E-state index is -0.195. The highest BCUT2D eigenvalue weighted by molar-refractivity contribution is 5.09. The lowest BCUT2D eigenvalue weighted by atomic mass is 9.85. The Kier molecular flexibility index (Phi) is 1.56. The van der Waals surface area contributed by atoms with Gasteiger partial charge in [0.15, 0.2) is 5.79 Å². The minimum Gasteiger partial charge on any atom is -0.348 e. The molecule has 3 heteroatoms. The van der Waals surface area contributed by atoms with E-state index < -0.39 is 0 Å². The average Bonchev–Trinajstić information content (AvgIpc) is 2.69. The fraction of sp³-hybridized carbons (Fsp3) is 1.00. The number of rotatable bonds is 1. The van der Waals surface area contributed by atoms with E-state index in [1.54, 1.807) is 0 Å². The summed E-state index contributed by atoms with van der Waals surface area (Å²) in [6.45, 7) is 2.42. The van der Waals surface area contributed by atoms with E-state index >= 15 is 0 Å². The van der Waals surface area contributed by atoms with Crippen molar-refractivity contribution >= 4 is 0 Å². The van der Waals surface area contributed by atoms with E-state index in [1.807, 2.05) is 0 Å². The predicted octanol–water partition coefficient (Wildman–Crippen LogP) is 0.878. The smallest absolute Gasteiger partial charge is 0.168 e. The van der Waals surface area contributed by atoms with Gasteiger partial charge in [-0.05, 0) is 30.7 Å². The van der Waals surface area contributed by atoms with Gasteiger partial charge in [-0.1, -0.05) is 0 Å². The highest BCUT2D eigenvalue weighted by Crippen LogP contribution is 2.63. The van der Waals surface area contributed by atoms with Crippen LogP contribution in [0.1, 0.15) is 25.7 Å². The first-order valence-corrected chi connectivity index (χ1v) is 5.27. The zero-order valence-electron chi connectivity index (χ0n) is 7.92. The fourth-order valence-electron chi connectivity index (χ4n) is 3.05. The molecule has 0 bridgehead atoms. The highest BCUT2D eigenvalue weighted by atomic mass is 16.7. The SMILES string of the molecule is NCC12CCC3(CC1C2)OCCO3. The number of ether oxygens (including phenoxy) is 2. The summed E-state index contributed by atoms with van der Waals surface area (Å²) in [7, 11) is 0. The van der Waals surface area contributed by atoms with Crippen LogP contribution in [-0.4, -0.2) is 25.5 Å². The normalized spacial score (nSPS) is 46.4. The number of fused-ring (bicyclic) bond motifs is 1. The maximum atomic E-state index is 5.78. The quantitative estimate of drug-likeness (QED) is 0.656. The Morgan fingerprint density at radius 1 is 1.15 bits per heavy atom. The topological polar surface area (TPSA) is 44.5 Å². The van der Waals surface area contributed by atoms with E-state index in [1.165, 1.54) is 12.8 Å². The molecule has 13 heavy (non-hydrogen) atoms. The Balaban J connectivity index is 1.72. The van der Waals surface area contributed by atoms with Crippen LogP contribution >= 0.6 is 0 Å². The van der Waals surface area contributed by atoms with Gasteiger partial charge >= 0.3 is 0 Å². The molecule has 1 aliphatic heterocycles. The molecular formula is C10H17NO2. The molecule has 2 aliphatic carbocycles. The second-order valence-corrected chi connectivity index (χ2v) is 4.78. The molecule has 2 atom stereocenters. The van der Waals surface area contributed by atoms with Crippen molar-refractivity contribution in [2.45, 2.75) is 31.5 Å². The van der Waals surface area contributed by atoms with Crippen molar-refractivity contribution in [3.8, 4) is 0 Å². The van der Waals surface area contributed by atoms with Crippen LogP contribution in [0.4, 0.5) is 0 Å². The number of hydrogen-bond acceptors (Lipinski definition) is 3. The van der Waals surface area contributed by atoms with Crippen molar-refractivity contribution in [1.82, 2.24) is 0 Å². The van der Waals surface area contributed by atoms with Crippen molar-refractivity contribution in [3.05, 3.63) is 0 Å². The molecule has 3 fully saturated rings. The van der Waals surface area contributed by atoms with Gasteiger partial charge in [-0.3, -0.25) is 0 Å². The van der Waals surface area contributed by atoms with E-state index in [-0.39, 0.29) is 5.79 Å². The predicted molar refractivity (Wildman–Crippen MR) is 48.1 cm³/mol. The summed E-state index contributed by atoms with van der Waals surface area (Å²) in [5.74, 6) is 0.587. The third-order valence-electron chi connectivity index (χ3n) is 4.14. The lowest BCUT2D eigenvalue weighted by Gasteiger charge is -2.34. The molecule has 2 N–H and O–H groups in total. The molecule has 3 aliphatic rings. The lowest BCUT2D eigenvalue weighted by molar-refractivity contribution is -0.183. The van der Waals surface area contributed by atoms with Crippen LogP contribution in [-0.2, 0) is 9.47 Å². The molecule has 74 valence electrons. The van der Waals surface area contributed by atoms with Crippen molar-refractivity contribution in [2.75, 3.05) is 19.8 Å². The molecule has 3 rings (SSSR count). The Hall–Kier alpha value is -0.120. The molecule has 0 aromatic rings. The fourth-order valence-corrected chi connectivity index (χ4v) is 3.05. The minimum absolute atomic E-state index is 0.195. The van der Waals surface area contributed by atoms with E-state index in [0.29, 0.717) is 5.41 Å². The molecule has 0 aromatic carbocycles. The van der Waals surface area contributed by atoms with Crippen LogP contribution in [0.3, 0.4) is 0 Å². The molecule has 2 saturated carbocycles. The summed E-state index contributed by atoms with van der Waals surface area (Å²) in [5.41, 5.74) is 6.27. The molecule has 1 spiro atoms. The van der Waals surface area contributed by atoms with Gasteiger partial charge < -0.3 is 15.2 Å². The molecule has 0 radical (unpaired) electrons. The largest absolute Gasteiger partial charge is 0.348 e. The van der Waals surface area contributed by atoms with Gasteiger partial charge in [-0.25, -0.2) is 0 Å². The third-order valence-corrected chi connectivity index (χ3v) is 4.14. The van der Waals surface area contributed by atoms with E-state index in [0.717, 1.165) is 38.5 Å². The van der Waals surface area contributed by atoms with Gasteiger partial charge in [0.25, 0.3) is 0 Å². The molecular weight excluding hydrogens is 166 g/mol. The monoisotopic (exact) mass is 183 g/mol. The first-order chi connectivity index (χ1) is 6.29. The van der Waals surface area contributed by atoms with Gasteiger partial charge in [0.1, 0.15) is 0 Å². The average molecular weight is 183 g/mol. The van der Waals surface area contributed by atoms with E-state index in [9.17, 15) is 0 Å². The van der Waals surface area contributed by atoms with Gasteiger partial charge in [0, 0.05) is 12.8 Å². The van der Waals surface area contributed by atoms with Crippen LogP contribution in [0.5, 0.6) is 0 Å². The summed E-state index contributed by atoms with van der Waals surface area (Å²) in [6.07, 6.45) is 4.65. The van der Waals surface area contributed by atoms with Crippen molar-refractivity contribution < 1.29 is 9.47 Å². The molecule has 0 amide bonds. The van der Waals surface area contributed by atoms with E-state index in [4.69, 9.17) is 15.2 Å². The van der Waals surface area contributed by atoms with Crippen molar-refractivity contribution in [1.29, 1.82) is 0 Å². The Morgan fingerprint density at radius 2 is 1.92 bits per heavy atom. The molecule has 3 nitrogen and oxygen atoms in total. The second kappa shape index (κ2) is 2.47. The van der Waals surface area contributed by atoms with Crippen LogP contribution in [0.15, 0.2) is 0 Å². The molecule has 2 unspecified atom stereocenters. The van der Waals surface area contributed by atoms with Crippen LogP contribution in [0, 0.1) is 11.3 Å². The standard InChI is InChI=1S/C10H17NO2/c11-7-9-1-2-10(6-8(9)5-9)12-3-4-13-10/h8H,1-7,11H2. The Morgan fingerprint density at radius 3 is 2.54 bits per heavy atom. The third kappa shape index (κ3) is 1.07. The lowest BCUT2D eigenvalue weighted by Crippen LogP contribution is -2.37. The zero-order valence-corrected chi connectivity index (χ0v) is 7.92. The number of nitrogens with two attached hydrogens (primary N) is 1. The van der Waals surface area contributed by atoms with Crippen LogP contribution in [0.25, 0.3) is 0 Å². The molecule has 1 saturated heterocycles. The van der Waals surface area contributed by atoms with Crippen LogP contribution < -0.4 is 5.73 Å². The second-order valence-electron chi connectivity index (χ2n) is 4.78. The Bertz CT molecular complexity index is 225. The molecule has 0 aromatic heterocycles. The summed E-state index contributed by atoms with van der Waals surface area (Å²) in [5, 5.41) is 0. The maximum Gasteiger partial charge on any atom is 0.168 e.